The molecule has 2 aliphatic heterocycles. The van der Waals surface area contributed by atoms with Crippen molar-refractivity contribution in [2.75, 3.05) is 19.6 Å². The lowest BCUT2D eigenvalue weighted by molar-refractivity contribution is -0.151. The van der Waals surface area contributed by atoms with E-state index in [1.165, 1.54) is 0 Å². The predicted molar refractivity (Wildman–Crippen MR) is 68.9 cm³/mol. The van der Waals surface area contributed by atoms with E-state index in [0.717, 1.165) is 6.54 Å². The Balaban J connectivity index is 2.17. The number of piperidine rings is 1. The summed E-state index contributed by atoms with van der Waals surface area (Å²) >= 11 is 0. The first-order valence-corrected chi connectivity index (χ1v) is 6.70. The molecule has 1 amide bonds. The molecule has 108 valence electrons. The normalized spacial score (nSPS) is 30.9. The number of carboxylic acids is 1. The van der Waals surface area contributed by atoms with Gasteiger partial charge in [-0.3, -0.25) is 4.79 Å². The highest BCUT2D eigenvalue weighted by Gasteiger charge is 2.56. The van der Waals surface area contributed by atoms with Gasteiger partial charge in [0.15, 0.2) is 0 Å². The highest BCUT2D eigenvalue weighted by Crippen LogP contribution is 2.41. The van der Waals surface area contributed by atoms with Crippen LogP contribution in [0, 0.1) is 5.41 Å². The van der Waals surface area contributed by atoms with Gasteiger partial charge in [0.1, 0.15) is 11.0 Å². The molecule has 6 heteroatoms. The van der Waals surface area contributed by atoms with Crippen molar-refractivity contribution in [2.24, 2.45) is 5.41 Å². The Morgan fingerprint density at radius 1 is 1.42 bits per heavy atom. The second-order valence-electron chi connectivity index (χ2n) is 6.37. The number of amides is 1. The molecule has 0 aromatic rings. The first-order chi connectivity index (χ1) is 8.76. The summed E-state index contributed by atoms with van der Waals surface area (Å²) in [5.41, 5.74) is -1.41. The van der Waals surface area contributed by atoms with Gasteiger partial charge in [-0.05, 0) is 40.2 Å². The Morgan fingerprint density at radius 3 is 2.68 bits per heavy atom. The van der Waals surface area contributed by atoms with Gasteiger partial charge in [0, 0.05) is 13.1 Å². The average molecular weight is 270 g/mol. The monoisotopic (exact) mass is 270 g/mol. The quantitative estimate of drug-likeness (QED) is 0.745. The van der Waals surface area contributed by atoms with Crippen molar-refractivity contribution in [1.29, 1.82) is 0 Å². The van der Waals surface area contributed by atoms with Gasteiger partial charge in [0.25, 0.3) is 0 Å². The Hall–Kier alpha value is -1.30. The molecule has 2 rings (SSSR count). The average Bonchev–Trinajstić information content (AvgIpc) is 2.67. The van der Waals surface area contributed by atoms with E-state index in [9.17, 15) is 14.7 Å². The zero-order valence-corrected chi connectivity index (χ0v) is 11.7. The maximum atomic E-state index is 12.2. The Kier molecular flexibility index (Phi) is 3.47. The molecule has 0 radical (unpaired) electrons. The van der Waals surface area contributed by atoms with E-state index in [4.69, 9.17) is 4.74 Å². The summed E-state index contributed by atoms with van der Waals surface area (Å²) in [6.07, 6.45) is 0.743. The van der Waals surface area contributed by atoms with Crippen LogP contribution in [-0.2, 0) is 9.53 Å². The third-order valence-corrected chi connectivity index (χ3v) is 3.90. The minimum atomic E-state index is -0.852. The lowest BCUT2D eigenvalue weighted by Gasteiger charge is -2.39. The minimum absolute atomic E-state index is 0.263. The van der Waals surface area contributed by atoms with Gasteiger partial charge in [0.2, 0.25) is 0 Å². The van der Waals surface area contributed by atoms with Gasteiger partial charge in [-0.2, -0.15) is 0 Å². The molecule has 0 unspecified atom stereocenters. The molecular formula is C13H22N2O4. The summed E-state index contributed by atoms with van der Waals surface area (Å²) in [6, 6.07) is -0.263. The van der Waals surface area contributed by atoms with E-state index in [2.05, 4.69) is 5.32 Å². The van der Waals surface area contributed by atoms with E-state index < -0.39 is 23.1 Å². The molecule has 2 aliphatic rings. The van der Waals surface area contributed by atoms with Crippen LogP contribution >= 0.6 is 0 Å². The van der Waals surface area contributed by atoms with Gasteiger partial charge in [0.05, 0.1) is 6.04 Å². The van der Waals surface area contributed by atoms with E-state index in [-0.39, 0.29) is 6.04 Å². The second-order valence-corrected chi connectivity index (χ2v) is 6.37. The van der Waals surface area contributed by atoms with Crippen molar-refractivity contribution in [3.63, 3.8) is 0 Å². The van der Waals surface area contributed by atoms with Crippen LogP contribution in [0.25, 0.3) is 0 Å². The molecule has 0 aromatic carbocycles. The number of carbonyl (C=O) groups excluding carboxylic acids is 1. The van der Waals surface area contributed by atoms with E-state index in [1.54, 1.807) is 4.90 Å². The number of hydrogen-bond acceptors (Lipinski definition) is 4. The van der Waals surface area contributed by atoms with Crippen LogP contribution in [0.15, 0.2) is 0 Å². The van der Waals surface area contributed by atoms with E-state index in [0.29, 0.717) is 25.9 Å². The van der Waals surface area contributed by atoms with E-state index >= 15 is 0 Å². The number of hydrogen-bond donors (Lipinski definition) is 2. The number of nitrogens with one attached hydrogen (secondary N) is 1. The standard InChI is InChI=1S/C13H22N2O4/c1-12(2,3)19-11(18)15-7-5-13(10(16)17)8-14-6-4-9(13)15/h9,14H,4-8H2,1-3H3,(H,16,17)/t9-,13-/m0/s1. The van der Waals surface area contributed by atoms with Crippen LogP contribution in [0.5, 0.6) is 0 Å². The van der Waals surface area contributed by atoms with Crippen molar-refractivity contribution >= 4 is 12.1 Å². The van der Waals surface area contributed by atoms with Crippen LogP contribution in [0.1, 0.15) is 33.6 Å². The molecule has 6 nitrogen and oxygen atoms in total. The third kappa shape index (κ3) is 2.54. The molecule has 2 heterocycles. The summed E-state index contributed by atoms with van der Waals surface area (Å²) < 4.78 is 5.37. The zero-order valence-electron chi connectivity index (χ0n) is 11.7. The number of rotatable bonds is 1. The summed E-state index contributed by atoms with van der Waals surface area (Å²) in [6.45, 7) is 7.05. The Labute approximate surface area is 113 Å². The highest BCUT2D eigenvalue weighted by atomic mass is 16.6. The summed E-state index contributed by atoms with van der Waals surface area (Å²) in [4.78, 5) is 25.4. The molecular weight excluding hydrogens is 248 g/mol. The topological polar surface area (TPSA) is 78.9 Å². The molecule has 2 saturated heterocycles. The van der Waals surface area contributed by atoms with Crippen LogP contribution < -0.4 is 5.32 Å². The maximum absolute atomic E-state index is 12.2. The molecule has 2 N–H and O–H groups in total. The number of nitrogens with zero attached hydrogens (tertiary/aromatic N) is 1. The summed E-state index contributed by atoms with van der Waals surface area (Å²) in [5.74, 6) is -0.823. The molecule has 0 bridgehead atoms. The number of likely N-dealkylation sites (tertiary alicyclic amines) is 1. The van der Waals surface area contributed by atoms with Gasteiger partial charge in [-0.25, -0.2) is 4.79 Å². The van der Waals surface area contributed by atoms with E-state index in [1.807, 2.05) is 20.8 Å². The molecule has 0 saturated carbocycles. The largest absolute Gasteiger partial charge is 0.481 e. The van der Waals surface area contributed by atoms with Gasteiger partial charge >= 0.3 is 12.1 Å². The third-order valence-electron chi connectivity index (χ3n) is 3.90. The van der Waals surface area contributed by atoms with Crippen molar-refractivity contribution in [2.45, 2.75) is 45.3 Å². The second kappa shape index (κ2) is 4.67. The number of fused-ring (bicyclic) bond motifs is 1. The predicted octanol–water partition coefficient (Wildman–Crippen LogP) is 1.06. The van der Waals surface area contributed by atoms with Crippen molar-refractivity contribution in [1.82, 2.24) is 10.2 Å². The summed E-state index contributed by atoms with van der Waals surface area (Å²) in [5, 5.41) is 12.6. The SMILES string of the molecule is CC(C)(C)OC(=O)N1CC[C@]2(C(=O)O)CNCC[C@H]12. The summed E-state index contributed by atoms with van der Waals surface area (Å²) in [7, 11) is 0. The highest BCUT2D eigenvalue weighted by molar-refractivity contribution is 5.79. The number of aliphatic carboxylic acids is 1. The molecule has 0 aliphatic carbocycles. The van der Waals surface area contributed by atoms with Gasteiger partial charge in [-0.15, -0.1) is 0 Å². The number of carbonyl (C=O) groups is 2. The Bertz CT molecular complexity index is 391. The van der Waals surface area contributed by atoms with Crippen LogP contribution in [0.3, 0.4) is 0 Å². The fraction of sp³-hybridized carbons (Fsp3) is 0.846. The minimum Gasteiger partial charge on any atom is -0.481 e. The molecule has 0 aromatic heterocycles. The lowest BCUT2D eigenvalue weighted by atomic mass is 9.76. The smallest absolute Gasteiger partial charge is 0.410 e. The number of carboxylic acid groups (broad SMARTS) is 1. The van der Waals surface area contributed by atoms with Crippen molar-refractivity contribution < 1.29 is 19.4 Å². The first kappa shape index (κ1) is 14.1. The fourth-order valence-corrected chi connectivity index (χ4v) is 2.99. The van der Waals surface area contributed by atoms with Crippen molar-refractivity contribution in [3.05, 3.63) is 0 Å². The van der Waals surface area contributed by atoms with Crippen molar-refractivity contribution in [3.8, 4) is 0 Å². The molecule has 0 spiro atoms. The van der Waals surface area contributed by atoms with Gasteiger partial charge < -0.3 is 20.1 Å². The maximum Gasteiger partial charge on any atom is 0.410 e. The number of ether oxygens (including phenoxy) is 1. The lowest BCUT2D eigenvalue weighted by Crippen LogP contribution is -2.56. The Morgan fingerprint density at radius 2 is 2.11 bits per heavy atom. The zero-order chi connectivity index (χ0) is 14.3. The van der Waals surface area contributed by atoms with Gasteiger partial charge in [-0.1, -0.05) is 0 Å². The van der Waals surface area contributed by atoms with Crippen LogP contribution in [0.2, 0.25) is 0 Å². The van der Waals surface area contributed by atoms with Crippen LogP contribution in [0.4, 0.5) is 4.79 Å². The molecule has 2 fully saturated rings. The fourth-order valence-electron chi connectivity index (χ4n) is 2.99. The molecule has 2 atom stereocenters. The first-order valence-electron chi connectivity index (χ1n) is 6.70. The van der Waals surface area contributed by atoms with Crippen LogP contribution in [-0.4, -0.2) is 53.3 Å². The molecule has 19 heavy (non-hydrogen) atoms.